The third-order valence-electron chi connectivity index (χ3n) is 4.64. The van der Waals surface area contributed by atoms with Gasteiger partial charge in [-0.05, 0) is 50.4 Å². The van der Waals surface area contributed by atoms with Crippen LogP contribution >= 0.6 is 11.6 Å². The normalized spacial score (nSPS) is 26.5. The summed E-state index contributed by atoms with van der Waals surface area (Å²) < 4.78 is 0. The number of hydrogen-bond acceptors (Lipinski definition) is 3. The van der Waals surface area contributed by atoms with E-state index in [1.54, 1.807) is 6.07 Å². The van der Waals surface area contributed by atoms with Crippen LogP contribution < -0.4 is 10.2 Å². The summed E-state index contributed by atoms with van der Waals surface area (Å²) in [6.45, 7) is 4.35. The van der Waals surface area contributed by atoms with E-state index in [1.807, 2.05) is 12.1 Å². The number of nitrogens with zero attached hydrogens (tertiary/aromatic N) is 2. The summed E-state index contributed by atoms with van der Waals surface area (Å²) in [6.07, 6.45) is 5.06. The quantitative estimate of drug-likeness (QED) is 0.863. The molecule has 1 atom stereocenters. The summed E-state index contributed by atoms with van der Waals surface area (Å²) >= 11 is 6.00. The second-order valence-corrected chi connectivity index (χ2v) is 6.52. The molecule has 2 saturated heterocycles. The number of hydrogen-bond donors (Lipinski definition) is 1. The molecule has 1 aromatic rings. The molecule has 4 heteroatoms. The number of nitriles is 1. The maximum atomic E-state index is 9.33. The van der Waals surface area contributed by atoms with Crippen molar-refractivity contribution in [3.8, 4) is 6.07 Å². The van der Waals surface area contributed by atoms with Crippen LogP contribution in [0.2, 0.25) is 5.02 Å². The summed E-state index contributed by atoms with van der Waals surface area (Å²) in [5.74, 6) is 0. The van der Waals surface area contributed by atoms with Crippen molar-refractivity contribution >= 4 is 17.3 Å². The molecule has 2 aliphatic rings. The van der Waals surface area contributed by atoms with Gasteiger partial charge in [0.1, 0.15) is 6.07 Å². The van der Waals surface area contributed by atoms with Crippen molar-refractivity contribution in [3.05, 3.63) is 28.8 Å². The van der Waals surface area contributed by atoms with Crippen molar-refractivity contribution in [1.29, 1.82) is 5.26 Å². The lowest BCUT2D eigenvalue weighted by atomic mass is 9.74. The van der Waals surface area contributed by atoms with Gasteiger partial charge in [-0.3, -0.25) is 0 Å². The number of rotatable bonds is 1. The maximum Gasteiger partial charge on any atom is 0.101 e. The third-order valence-corrected chi connectivity index (χ3v) is 4.88. The van der Waals surface area contributed by atoms with E-state index in [0.29, 0.717) is 16.0 Å². The van der Waals surface area contributed by atoms with Crippen LogP contribution in [0.15, 0.2) is 18.2 Å². The Hall–Kier alpha value is -1.24. The molecule has 3 rings (SSSR count). The fraction of sp³-hybridized carbons (Fsp3) is 0.562. The summed E-state index contributed by atoms with van der Waals surface area (Å²) in [7, 11) is 0. The zero-order valence-electron chi connectivity index (χ0n) is 11.7. The number of piperidine rings is 2. The molecule has 2 heterocycles. The van der Waals surface area contributed by atoms with Crippen molar-refractivity contribution < 1.29 is 0 Å². The van der Waals surface area contributed by atoms with E-state index >= 15 is 0 Å². The molecular formula is C16H20ClN3. The van der Waals surface area contributed by atoms with Gasteiger partial charge in [0, 0.05) is 30.1 Å². The number of anilines is 1. The van der Waals surface area contributed by atoms with Gasteiger partial charge in [-0.25, -0.2) is 0 Å². The molecule has 3 nitrogen and oxygen atoms in total. The standard InChI is InChI=1S/C16H20ClN3/c17-14-3-4-15(13(9-14)10-18)20-8-2-6-16(12-20)5-1-7-19-11-16/h3-4,9,19H,1-2,5-8,11-12H2. The molecule has 1 aromatic carbocycles. The largest absolute Gasteiger partial charge is 0.370 e. The van der Waals surface area contributed by atoms with Gasteiger partial charge < -0.3 is 10.2 Å². The highest BCUT2D eigenvalue weighted by Gasteiger charge is 2.37. The fourth-order valence-electron chi connectivity index (χ4n) is 3.67. The molecule has 1 unspecified atom stereocenters. The lowest BCUT2D eigenvalue weighted by Crippen LogP contribution is -2.51. The van der Waals surface area contributed by atoms with Crippen molar-refractivity contribution in [1.82, 2.24) is 5.32 Å². The highest BCUT2D eigenvalue weighted by atomic mass is 35.5. The van der Waals surface area contributed by atoms with Gasteiger partial charge in [0.2, 0.25) is 0 Å². The van der Waals surface area contributed by atoms with Crippen molar-refractivity contribution in [2.75, 3.05) is 31.1 Å². The first-order valence-corrected chi connectivity index (χ1v) is 7.76. The minimum Gasteiger partial charge on any atom is -0.370 e. The molecular weight excluding hydrogens is 270 g/mol. The van der Waals surface area contributed by atoms with Gasteiger partial charge in [-0.1, -0.05) is 11.6 Å². The van der Waals surface area contributed by atoms with Crippen LogP contribution in [-0.4, -0.2) is 26.2 Å². The van der Waals surface area contributed by atoms with Crippen LogP contribution in [-0.2, 0) is 0 Å². The summed E-state index contributed by atoms with van der Waals surface area (Å²) in [5.41, 5.74) is 2.13. The van der Waals surface area contributed by atoms with Crippen molar-refractivity contribution in [3.63, 3.8) is 0 Å². The van der Waals surface area contributed by atoms with Crippen LogP contribution in [0.3, 0.4) is 0 Å². The molecule has 20 heavy (non-hydrogen) atoms. The van der Waals surface area contributed by atoms with Crippen LogP contribution in [0.5, 0.6) is 0 Å². The van der Waals surface area contributed by atoms with Gasteiger partial charge >= 0.3 is 0 Å². The Labute approximate surface area is 125 Å². The minimum absolute atomic E-state index is 0.392. The summed E-state index contributed by atoms with van der Waals surface area (Å²) in [6, 6.07) is 7.94. The molecule has 0 saturated carbocycles. The Kier molecular flexibility index (Phi) is 3.87. The van der Waals surface area contributed by atoms with Crippen molar-refractivity contribution in [2.24, 2.45) is 5.41 Å². The van der Waals surface area contributed by atoms with E-state index in [2.05, 4.69) is 16.3 Å². The first-order chi connectivity index (χ1) is 9.72. The molecule has 0 radical (unpaired) electrons. The Morgan fingerprint density at radius 2 is 2.15 bits per heavy atom. The van der Waals surface area contributed by atoms with E-state index in [0.717, 1.165) is 31.9 Å². The second kappa shape index (κ2) is 5.63. The average Bonchev–Trinajstić information content (AvgIpc) is 2.48. The van der Waals surface area contributed by atoms with Crippen LogP contribution in [0.1, 0.15) is 31.2 Å². The fourth-order valence-corrected chi connectivity index (χ4v) is 3.84. The summed E-state index contributed by atoms with van der Waals surface area (Å²) in [4.78, 5) is 2.38. The Balaban J connectivity index is 1.85. The highest BCUT2D eigenvalue weighted by molar-refractivity contribution is 6.30. The molecule has 106 valence electrons. The lowest BCUT2D eigenvalue weighted by Gasteiger charge is -2.46. The topological polar surface area (TPSA) is 39.1 Å². The van der Waals surface area contributed by atoms with Gasteiger partial charge in [0.15, 0.2) is 0 Å². The SMILES string of the molecule is N#Cc1cc(Cl)ccc1N1CCCC2(CCCNC2)C1. The minimum atomic E-state index is 0.392. The zero-order valence-corrected chi connectivity index (χ0v) is 12.4. The highest BCUT2D eigenvalue weighted by Crippen LogP contribution is 2.38. The monoisotopic (exact) mass is 289 g/mol. The Bertz CT molecular complexity index is 524. The van der Waals surface area contributed by atoms with Gasteiger partial charge in [0.05, 0.1) is 11.3 Å². The molecule has 0 aliphatic carbocycles. The van der Waals surface area contributed by atoms with Gasteiger partial charge in [-0.2, -0.15) is 5.26 Å². The molecule has 1 N–H and O–H groups in total. The molecule has 1 spiro atoms. The maximum absolute atomic E-state index is 9.33. The number of halogens is 1. The summed E-state index contributed by atoms with van der Waals surface area (Å²) in [5, 5.41) is 13.5. The second-order valence-electron chi connectivity index (χ2n) is 6.08. The van der Waals surface area contributed by atoms with Crippen molar-refractivity contribution in [2.45, 2.75) is 25.7 Å². The first-order valence-electron chi connectivity index (χ1n) is 7.38. The molecule has 0 aromatic heterocycles. The van der Waals surface area contributed by atoms with Gasteiger partial charge in [-0.15, -0.1) is 0 Å². The third kappa shape index (κ3) is 2.63. The van der Waals surface area contributed by atoms with E-state index in [-0.39, 0.29) is 0 Å². The molecule has 0 amide bonds. The predicted molar refractivity (Wildman–Crippen MR) is 82.2 cm³/mol. The molecule has 2 fully saturated rings. The van der Waals surface area contributed by atoms with E-state index in [1.165, 1.54) is 25.7 Å². The van der Waals surface area contributed by atoms with Crippen LogP contribution in [0.25, 0.3) is 0 Å². The van der Waals surface area contributed by atoms with Crippen LogP contribution in [0, 0.1) is 16.7 Å². The van der Waals surface area contributed by atoms with Gasteiger partial charge in [0.25, 0.3) is 0 Å². The average molecular weight is 290 g/mol. The first kappa shape index (κ1) is 13.7. The molecule has 0 bridgehead atoms. The Morgan fingerprint density at radius 1 is 1.30 bits per heavy atom. The predicted octanol–water partition coefficient (Wildman–Crippen LogP) is 3.18. The molecule has 2 aliphatic heterocycles. The lowest BCUT2D eigenvalue weighted by molar-refractivity contribution is 0.173. The van der Waals surface area contributed by atoms with E-state index < -0.39 is 0 Å². The number of nitrogens with one attached hydrogen (secondary N) is 1. The van der Waals surface area contributed by atoms with Crippen LogP contribution in [0.4, 0.5) is 5.69 Å². The smallest absolute Gasteiger partial charge is 0.101 e. The van der Waals surface area contributed by atoms with E-state index in [9.17, 15) is 5.26 Å². The zero-order chi connectivity index (χ0) is 14.0. The number of benzene rings is 1. The van der Waals surface area contributed by atoms with E-state index in [4.69, 9.17) is 11.6 Å². The Morgan fingerprint density at radius 3 is 2.90 bits per heavy atom.